The number of benzene rings is 4. The maximum atomic E-state index is 12.3. The van der Waals surface area contributed by atoms with E-state index in [1.165, 1.54) is 52.5 Å². The number of esters is 3. The van der Waals surface area contributed by atoms with E-state index in [-0.39, 0.29) is 30.1 Å². The van der Waals surface area contributed by atoms with Gasteiger partial charge in [0.05, 0.1) is 160 Å². The number of H-pyrrole nitrogens is 1. The summed E-state index contributed by atoms with van der Waals surface area (Å²) in [4.78, 5) is 82.6. The average Bonchev–Trinajstić information content (AvgIpc) is 1.62. The molecule has 32 nitrogen and oxygen atoms in total. The van der Waals surface area contributed by atoms with E-state index < -0.39 is 35.9 Å². The number of carboxylic acids is 1. The zero-order valence-corrected chi connectivity index (χ0v) is 84.9. The summed E-state index contributed by atoms with van der Waals surface area (Å²) in [5, 5.41) is 79.5. The molecule has 0 atom stereocenters. The Kier molecular flexibility index (Phi) is 36.7. The van der Waals surface area contributed by atoms with Crippen molar-refractivity contribution in [1.82, 2.24) is 79.6 Å². The van der Waals surface area contributed by atoms with Crippen LogP contribution in [-0.4, -0.2) is 157 Å². The third kappa shape index (κ3) is 28.9. The van der Waals surface area contributed by atoms with E-state index in [2.05, 4.69) is 114 Å². The van der Waals surface area contributed by atoms with Crippen molar-refractivity contribution in [2.45, 2.75) is 86.5 Å². The second-order valence-corrected chi connectivity index (χ2v) is 39.5. The number of halogens is 6. The monoisotopic (exact) mass is 2160 g/mol. The Bertz CT molecular complexity index is 7420. The van der Waals surface area contributed by atoms with E-state index in [1.54, 1.807) is 150 Å². The smallest absolute Gasteiger partial charge is 0.477 e. The minimum atomic E-state index is -1.54. The van der Waals surface area contributed by atoms with Gasteiger partial charge in [0, 0.05) is 55.5 Å². The predicted octanol–water partition coefficient (Wildman–Crippen LogP) is 23.1. The standard InChI is InChI=1S/C21H19ClN4O2S.C18H14ClN5OS.C17H11ClN4O2S.C15H14BrN3O2S.C9H13BO4S.C6H4BrN3.C6H6ClN.CH5N.CH4/c1-21(2,3)28-20(27)18-9-14(12-29-18)26-17-11-23-19(8-13(17)10-24-26)25-16-7-5-4-6-15(16)22;1-20-18(25)16-7-12(10-26-16)24-15-9-21-17(6-11(15)8-22-24)23-14-5-3-2-4-13(14)19;18-12-3-1-2-4-13(12)21-16-5-10-7-20-22(14(10)8-19-16)11-6-15(17(23)24)25-9-11;1-15(2,3)21-14(20)12-5-10(8-22-12)19-11-7-17-13(16)4-9(11)6-18-19;1-9(2,3)14-8(11)7-4-6(5-15-7)10(12)13;7-6-1-4-2-9-10-5(4)3-8-6;7-5-3-1-2-4-6(5)8;1-2;/h4-12H,1-3H3,(H,23,25);2-10H,1H3,(H,20,25)(H,21,23);1-9H,(H,19,21)(H,23,24);4-8H,1-3H3;4-5,12-13H,1-3H3;1-3H,(H,9,10);1-4H,8H2;2H2,1H3;1H4. The molecule has 138 heavy (non-hydrogen) atoms. The van der Waals surface area contributed by atoms with E-state index in [4.69, 9.17) is 81.5 Å². The Hall–Kier alpha value is -12.9. The molecule has 19 aromatic rings. The molecule has 15 heterocycles. The van der Waals surface area contributed by atoms with Gasteiger partial charge in [-0.05, 0) is 221 Å². The van der Waals surface area contributed by atoms with Gasteiger partial charge in [0.1, 0.15) is 63.0 Å². The summed E-state index contributed by atoms with van der Waals surface area (Å²) < 4.78 is 24.5. The van der Waals surface area contributed by atoms with E-state index in [0.29, 0.717) is 73.9 Å². The maximum absolute atomic E-state index is 12.3. The SMILES string of the molecule is Brc1cc2cn[nH]c2cn1.C.CC(C)(C)OC(=O)c1cc(-n2ncc3cc(Br)ncc32)cs1.CC(C)(C)OC(=O)c1cc(-n2ncc3cc(Nc4ccccc4Cl)ncc32)cs1.CC(C)(C)OC(=O)c1cc(B(O)O)cs1.CN.CNC(=O)c1cc(-n2ncc3cc(Nc4ccccc4Cl)ncc32)cs1.Nc1ccccc1Cl.O=C(O)c1cc(-n2ncc3cc(Nc4ccccc4Cl)ncc32)cs1. The van der Waals surface area contributed by atoms with Gasteiger partial charge in [0.2, 0.25) is 0 Å². The number of hydrogen-bond donors (Lipinski definition) is 10. The molecule has 1 amide bonds. The lowest BCUT2D eigenvalue weighted by atomic mass is 9.83. The largest absolute Gasteiger partial charge is 0.489 e. The van der Waals surface area contributed by atoms with Crippen molar-refractivity contribution in [3.05, 3.63) is 300 Å². The van der Waals surface area contributed by atoms with Crippen LogP contribution in [-0.2, 0) is 14.2 Å². The number of nitrogens with one attached hydrogen (secondary N) is 5. The van der Waals surface area contributed by atoms with Crippen LogP contribution in [0.4, 0.5) is 40.2 Å². The summed E-state index contributed by atoms with van der Waals surface area (Å²) in [5.74, 6) is -0.155. The molecule has 4 aromatic carbocycles. The number of anilines is 7. The van der Waals surface area contributed by atoms with Crippen LogP contribution in [0, 0.1) is 0 Å². The lowest BCUT2D eigenvalue weighted by Gasteiger charge is -2.18. The van der Waals surface area contributed by atoms with Crippen LogP contribution in [0.2, 0.25) is 20.1 Å². The number of thiophene rings is 5. The summed E-state index contributed by atoms with van der Waals surface area (Å²) in [6.45, 7) is 16.4. The minimum absolute atomic E-state index is 0. The molecule has 44 heteroatoms. The maximum Gasteiger partial charge on any atom is 0.489 e. The van der Waals surface area contributed by atoms with Gasteiger partial charge in [0.25, 0.3) is 5.91 Å². The minimum Gasteiger partial charge on any atom is -0.477 e. The Morgan fingerprint density at radius 2 is 0.732 bits per heavy atom. The third-order valence-corrected chi connectivity index (χ3v) is 24.8. The molecule has 0 fully saturated rings. The van der Waals surface area contributed by atoms with Crippen LogP contribution >= 0.6 is 135 Å². The zero-order valence-electron chi connectivity index (χ0n) is 74.6. The number of para-hydroxylation sites is 4. The molecular weight excluding hydrogens is 2070 g/mol. The number of carbonyl (C=O) groups is 5. The normalized spacial score (nSPS) is 10.9. The lowest BCUT2D eigenvalue weighted by Crippen LogP contribution is -2.28. The van der Waals surface area contributed by atoms with Crippen LogP contribution in [0.1, 0.15) is 118 Å². The van der Waals surface area contributed by atoms with Crippen molar-refractivity contribution in [3.8, 4) is 22.7 Å². The van der Waals surface area contributed by atoms with Crippen molar-refractivity contribution in [1.29, 1.82) is 0 Å². The van der Waals surface area contributed by atoms with Crippen molar-refractivity contribution < 1.29 is 53.3 Å². The van der Waals surface area contributed by atoms with Gasteiger partial charge in [0.15, 0.2) is 0 Å². The first kappa shape index (κ1) is 106. The quantitative estimate of drug-likeness (QED) is 0.0141. The van der Waals surface area contributed by atoms with Gasteiger partial charge in [-0.1, -0.05) is 102 Å². The highest BCUT2D eigenvalue weighted by Gasteiger charge is 2.26. The Morgan fingerprint density at radius 3 is 1.07 bits per heavy atom. The second-order valence-electron chi connectivity index (χ2n) is 31.7. The van der Waals surface area contributed by atoms with Crippen molar-refractivity contribution in [2.24, 2.45) is 5.73 Å². The molecule has 712 valence electrons. The summed E-state index contributed by atoms with van der Waals surface area (Å²) in [6, 6.07) is 47.5. The molecule has 0 aliphatic carbocycles. The number of nitrogens with zero attached hydrogens (tertiary/aromatic N) is 14. The van der Waals surface area contributed by atoms with Gasteiger partial charge in [-0.15, -0.1) is 56.7 Å². The summed E-state index contributed by atoms with van der Waals surface area (Å²) in [7, 11) is 1.57. The molecule has 0 unspecified atom stereocenters. The molecule has 0 aliphatic rings. The highest BCUT2D eigenvalue weighted by Crippen LogP contribution is 2.35. The number of ether oxygens (including phenoxy) is 3. The fraction of sp³-hybridized carbons (Fsp3) is 0.160. The van der Waals surface area contributed by atoms with Gasteiger partial charge >= 0.3 is 31.0 Å². The number of aromatic carboxylic acids is 1. The van der Waals surface area contributed by atoms with Crippen molar-refractivity contribution >= 4 is 272 Å². The molecule has 15 aromatic heterocycles. The van der Waals surface area contributed by atoms with Crippen molar-refractivity contribution in [3.63, 3.8) is 0 Å². The molecule has 0 aliphatic heterocycles. The summed E-state index contributed by atoms with van der Waals surface area (Å²) >= 11 is 37.1. The number of aromatic nitrogens is 15. The first-order valence-corrected chi connectivity index (χ1v) is 48.4. The molecular formula is C94H90BBr2Cl4N21O11S5. The zero-order chi connectivity index (χ0) is 98.6. The first-order chi connectivity index (χ1) is 65.4. The molecule has 0 bridgehead atoms. The molecule has 19 rings (SSSR count). The third-order valence-electron chi connectivity index (χ3n) is 18.1. The van der Waals surface area contributed by atoms with Crippen LogP contribution < -0.4 is 38.2 Å². The van der Waals surface area contributed by atoms with Crippen molar-refractivity contribution in [2.75, 3.05) is 35.8 Å². The van der Waals surface area contributed by atoms with Crippen LogP contribution in [0.3, 0.4) is 0 Å². The Balaban J connectivity index is 0.000000158. The molecule has 0 radical (unpaired) electrons. The number of pyridine rings is 5. The number of rotatable bonds is 16. The van der Waals surface area contributed by atoms with E-state index in [0.717, 1.165) is 121 Å². The number of nitrogens with two attached hydrogens (primary N) is 2. The average molecular weight is 2160 g/mol. The Morgan fingerprint density at radius 1 is 0.413 bits per heavy atom. The summed E-state index contributed by atoms with van der Waals surface area (Å²) in [5.41, 5.74) is 19.1. The van der Waals surface area contributed by atoms with E-state index in [1.807, 2.05) is 173 Å². The van der Waals surface area contributed by atoms with Crippen LogP contribution in [0.15, 0.2) is 256 Å². The number of fused-ring (bicyclic) bond motifs is 5. The fourth-order valence-electron chi connectivity index (χ4n) is 12.0. The van der Waals surface area contributed by atoms with E-state index in [9.17, 15) is 24.0 Å². The number of aromatic amines is 1. The fourth-order valence-corrected chi connectivity index (χ4v) is 17.2. The first-order valence-electron chi connectivity index (χ1n) is 40.9. The Labute approximate surface area is 848 Å². The van der Waals surface area contributed by atoms with Gasteiger partial charge < -0.3 is 62.1 Å². The number of carboxylic acid groups (broad SMARTS) is 1. The predicted molar refractivity (Wildman–Crippen MR) is 563 cm³/mol. The molecule has 0 saturated heterocycles. The number of nitrogen functional groups attached to an aromatic ring is 1. The van der Waals surface area contributed by atoms with Crippen LogP contribution in [0.5, 0.6) is 0 Å². The topological polar surface area (TPSA) is 438 Å². The van der Waals surface area contributed by atoms with E-state index >= 15 is 0 Å². The summed E-state index contributed by atoms with van der Waals surface area (Å²) in [6.07, 6.45) is 17.5. The molecule has 0 saturated carbocycles. The number of hydrogen-bond acceptors (Lipinski definition) is 30. The highest BCUT2D eigenvalue weighted by atomic mass is 79.9. The number of amides is 1. The van der Waals surface area contributed by atoms with Crippen LogP contribution in [0.25, 0.3) is 77.3 Å². The van der Waals surface area contributed by atoms with Gasteiger partial charge in [-0.3, -0.25) is 9.89 Å². The highest BCUT2D eigenvalue weighted by molar-refractivity contribution is 9.10. The van der Waals surface area contributed by atoms with Gasteiger partial charge in [-0.25, -0.2) is 62.8 Å². The number of carbonyl (C=O) groups excluding carboxylic acids is 4. The lowest BCUT2D eigenvalue weighted by molar-refractivity contribution is 0.00625. The second kappa shape index (κ2) is 47.9. The molecule has 0 spiro atoms. The van der Waals surface area contributed by atoms with Gasteiger partial charge in [-0.2, -0.15) is 25.5 Å². The molecule has 12 N–H and O–H groups in total.